The average molecular weight is 392 g/mol. The SMILES string of the molecule is O=C(CC(=O)N1CCN(c2ccccc2)CC1)Nc1ccc(Cl)c(Cl)c1. The van der Waals surface area contributed by atoms with Gasteiger partial charge in [-0.1, -0.05) is 41.4 Å². The summed E-state index contributed by atoms with van der Waals surface area (Å²) in [6, 6.07) is 14.9. The van der Waals surface area contributed by atoms with E-state index in [1.165, 1.54) is 0 Å². The zero-order chi connectivity index (χ0) is 18.5. The molecule has 1 heterocycles. The Balaban J connectivity index is 1.49. The van der Waals surface area contributed by atoms with Crippen LogP contribution in [0.5, 0.6) is 0 Å². The second-order valence-electron chi connectivity index (χ2n) is 6.06. The summed E-state index contributed by atoms with van der Waals surface area (Å²) in [6.07, 6.45) is -0.189. The Morgan fingerprint density at radius 3 is 2.27 bits per heavy atom. The Bertz CT molecular complexity index is 791. The summed E-state index contributed by atoms with van der Waals surface area (Å²) >= 11 is 11.8. The Hall–Kier alpha value is -2.24. The molecule has 0 radical (unpaired) electrons. The van der Waals surface area contributed by atoms with Crippen molar-refractivity contribution in [2.45, 2.75) is 6.42 Å². The normalized spacial score (nSPS) is 14.2. The van der Waals surface area contributed by atoms with Gasteiger partial charge in [0.2, 0.25) is 11.8 Å². The molecule has 5 nitrogen and oxygen atoms in total. The number of hydrogen-bond donors (Lipinski definition) is 1. The van der Waals surface area contributed by atoms with Crippen molar-refractivity contribution in [3.63, 3.8) is 0 Å². The summed E-state index contributed by atoms with van der Waals surface area (Å²) in [6.45, 7) is 2.72. The van der Waals surface area contributed by atoms with Crippen molar-refractivity contribution in [3.05, 3.63) is 58.6 Å². The number of carbonyl (C=O) groups is 2. The first kappa shape index (κ1) is 18.5. The van der Waals surface area contributed by atoms with Crippen LogP contribution < -0.4 is 10.2 Å². The second kappa shape index (κ2) is 8.43. The van der Waals surface area contributed by atoms with E-state index >= 15 is 0 Å². The third-order valence-electron chi connectivity index (χ3n) is 4.27. The van der Waals surface area contributed by atoms with Gasteiger partial charge in [0.05, 0.1) is 10.0 Å². The van der Waals surface area contributed by atoms with Gasteiger partial charge in [0.15, 0.2) is 0 Å². The van der Waals surface area contributed by atoms with Gasteiger partial charge in [0.1, 0.15) is 6.42 Å². The van der Waals surface area contributed by atoms with Crippen molar-refractivity contribution >= 4 is 46.4 Å². The number of hydrogen-bond acceptors (Lipinski definition) is 3. The number of para-hydroxylation sites is 1. The molecule has 0 aromatic heterocycles. The highest BCUT2D eigenvalue weighted by Crippen LogP contribution is 2.25. The fourth-order valence-electron chi connectivity index (χ4n) is 2.88. The van der Waals surface area contributed by atoms with Gasteiger partial charge in [-0.15, -0.1) is 0 Å². The molecule has 1 fully saturated rings. The van der Waals surface area contributed by atoms with E-state index in [0.717, 1.165) is 18.8 Å². The van der Waals surface area contributed by atoms with E-state index in [0.29, 0.717) is 28.8 Å². The molecule has 1 aliphatic rings. The minimum Gasteiger partial charge on any atom is -0.368 e. The van der Waals surface area contributed by atoms with Crippen molar-refractivity contribution in [1.82, 2.24) is 4.90 Å². The smallest absolute Gasteiger partial charge is 0.233 e. The molecule has 0 bridgehead atoms. The highest BCUT2D eigenvalue weighted by Gasteiger charge is 2.23. The number of carbonyl (C=O) groups excluding carboxylic acids is 2. The fraction of sp³-hybridized carbons (Fsp3) is 0.263. The number of nitrogens with one attached hydrogen (secondary N) is 1. The van der Waals surface area contributed by atoms with Gasteiger partial charge in [0, 0.05) is 37.6 Å². The molecular weight excluding hydrogens is 373 g/mol. The van der Waals surface area contributed by atoms with Crippen LogP contribution >= 0.6 is 23.2 Å². The molecule has 2 aromatic rings. The summed E-state index contributed by atoms with van der Waals surface area (Å²) in [4.78, 5) is 28.4. The van der Waals surface area contributed by atoms with Crippen molar-refractivity contribution in [2.24, 2.45) is 0 Å². The molecule has 0 atom stereocenters. The van der Waals surface area contributed by atoms with E-state index in [1.54, 1.807) is 23.1 Å². The standard InChI is InChI=1S/C19H19Cl2N3O2/c20-16-7-6-14(12-17(16)21)22-18(25)13-19(26)24-10-8-23(9-11-24)15-4-2-1-3-5-15/h1-7,12H,8-11,13H2,(H,22,25). The first-order valence-corrected chi connectivity index (χ1v) is 9.11. The number of benzene rings is 2. The van der Waals surface area contributed by atoms with Crippen LogP contribution in [0.25, 0.3) is 0 Å². The molecule has 136 valence electrons. The number of piperazine rings is 1. The van der Waals surface area contributed by atoms with Crippen molar-refractivity contribution in [1.29, 1.82) is 0 Å². The number of amides is 2. The Kier molecular flexibility index (Phi) is 6.01. The van der Waals surface area contributed by atoms with Gasteiger partial charge in [0.25, 0.3) is 0 Å². The largest absolute Gasteiger partial charge is 0.368 e. The molecule has 0 aliphatic carbocycles. The van der Waals surface area contributed by atoms with Gasteiger partial charge in [-0.3, -0.25) is 9.59 Å². The minimum atomic E-state index is -0.362. The minimum absolute atomic E-state index is 0.171. The number of halogens is 2. The third-order valence-corrected chi connectivity index (χ3v) is 5.01. The maximum atomic E-state index is 12.4. The van der Waals surface area contributed by atoms with Crippen LogP contribution in [0.2, 0.25) is 10.0 Å². The van der Waals surface area contributed by atoms with Crippen LogP contribution in [0.15, 0.2) is 48.5 Å². The molecular formula is C19H19Cl2N3O2. The van der Waals surface area contributed by atoms with Crippen LogP contribution in [-0.2, 0) is 9.59 Å². The molecule has 3 rings (SSSR count). The van der Waals surface area contributed by atoms with Crippen LogP contribution in [0.1, 0.15) is 6.42 Å². The van der Waals surface area contributed by atoms with E-state index in [1.807, 2.05) is 18.2 Å². The Labute approximate surface area is 162 Å². The van der Waals surface area contributed by atoms with E-state index in [9.17, 15) is 9.59 Å². The molecule has 7 heteroatoms. The third kappa shape index (κ3) is 4.68. The van der Waals surface area contributed by atoms with Gasteiger partial charge in [-0.25, -0.2) is 0 Å². The maximum absolute atomic E-state index is 12.4. The monoisotopic (exact) mass is 391 g/mol. The molecule has 1 aliphatic heterocycles. The number of anilines is 2. The van der Waals surface area contributed by atoms with E-state index in [2.05, 4.69) is 22.3 Å². The number of rotatable bonds is 4. The second-order valence-corrected chi connectivity index (χ2v) is 6.87. The zero-order valence-corrected chi connectivity index (χ0v) is 15.6. The zero-order valence-electron chi connectivity index (χ0n) is 14.1. The van der Waals surface area contributed by atoms with Gasteiger partial charge < -0.3 is 15.1 Å². The molecule has 1 N–H and O–H groups in total. The average Bonchev–Trinajstić information content (AvgIpc) is 2.65. The van der Waals surface area contributed by atoms with Crippen molar-refractivity contribution < 1.29 is 9.59 Å². The van der Waals surface area contributed by atoms with Crippen molar-refractivity contribution in [2.75, 3.05) is 36.4 Å². The van der Waals surface area contributed by atoms with Gasteiger partial charge in [-0.05, 0) is 30.3 Å². The predicted octanol–water partition coefficient (Wildman–Crippen LogP) is 3.67. The van der Waals surface area contributed by atoms with Crippen LogP contribution in [0.4, 0.5) is 11.4 Å². The predicted molar refractivity (Wildman–Crippen MR) is 105 cm³/mol. The lowest BCUT2D eigenvalue weighted by Crippen LogP contribution is -2.49. The topological polar surface area (TPSA) is 52.7 Å². The number of nitrogens with zero attached hydrogens (tertiary/aromatic N) is 2. The highest BCUT2D eigenvalue weighted by atomic mass is 35.5. The first-order chi connectivity index (χ1) is 12.5. The molecule has 2 amide bonds. The summed E-state index contributed by atoms with van der Waals surface area (Å²) in [5.74, 6) is -0.533. The quantitative estimate of drug-likeness (QED) is 0.808. The van der Waals surface area contributed by atoms with E-state index in [4.69, 9.17) is 23.2 Å². The lowest BCUT2D eigenvalue weighted by molar-refractivity contribution is -0.134. The summed E-state index contributed by atoms with van der Waals surface area (Å²) in [5, 5.41) is 3.44. The van der Waals surface area contributed by atoms with Crippen molar-refractivity contribution in [3.8, 4) is 0 Å². The summed E-state index contributed by atoms with van der Waals surface area (Å²) in [7, 11) is 0. The fourth-order valence-corrected chi connectivity index (χ4v) is 3.18. The Morgan fingerprint density at radius 1 is 0.923 bits per heavy atom. The highest BCUT2D eigenvalue weighted by molar-refractivity contribution is 6.42. The maximum Gasteiger partial charge on any atom is 0.233 e. The van der Waals surface area contributed by atoms with E-state index in [-0.39, 0.29) is 18.2 Å². The molecule has 0 spiro atoms. The Morgan fingerprint density at radius 2 is 1.62 bits per heavy atom. The van der Waals surface area contributed by atoms with Crippen LogP contribution in [0.3, 0.4) is 0 Å². The summed E-state index contributed by atoms with van der Waals surface area (Å²) in [5.41, 5.74) is 1.67. The van der Waals surface area contributed by atoms with Gasteiger partial charge in [-0.2, -0.15) is 0 Å². The van der Waals surface area contributed by atoms with Crippen LogP contribution in [0, 0.1) is 0 Å². The van der Waals surface area contributed by atoms with E-state index < -0.39 is 0 Å². The molecule has 2 aromatic carbocycles. The van der Waals surface area contributed by atoms with Gasteiger partial charge >= 0.3 is 0 Å². The molecule has 26 heavy (non-hydrogen) atoms. The first-order valence-electron chi connectivity index (χ1n) is 8.35. The molecule has 0 unspecified atom stereocenters. The lowest BCUT2D eigenvalue weighted by Gasteiger charge is -2.36. The van der Waals surface area contributed by atoms with Crippen LogP contribution in [-0.4, -0.2) is 42.9 Å². The lowest BCUT2D eigenvalue weighted by atomic mass is 10.2. The summed E-state index contributed by atoms with van der Waals surface area (Å²) < 4.78 is 0. The molecule has 0 saturated carbocycles. The molecule has 1 saturated heterocycles.